The van der Waals surface area contributed by atoms with Crippen molar-refractivity contribution in [3.05, 3.63) is 89.5 Å². The standard InChI is InChI=1S/C25H25N3OS/c1-18-8-12-20(13-9-18)16-27(3)24(29)17-30-25-26-22-6-4-5-7-23(22)28(25)21-14-10-19(2)11-15-21/h4-15H,16-17H2,1-3H3. The Balaban J connectivity index is 1.53. The summed E-state index contributed by atoms with van der Waals surface area (Å²) in [5.74, 6) is 0.431. The third-order valence-corrected chi connectivity index (χ3v) is 6.04. The van der Waals surface area contributed by atoms with E-state index in [0.29, 0.717) is 12.3 Å². The van der Waals surface area contributed by atoms with E-state index in [2.05, 4.69) is 73.0 Å². The molecule has 152 valence electrons. The topological polar surface area (TPSA) is 38.1 Å². The molecular formula is C25H25N3OS. The van der Waals surface area contributed by atoms with Crippen LogP contribution in [0.2, 0.25) is 0 Å². The van der Waals surface area contributed by atoms with Gasteiger partial charge in [0, 0.05) is 19.3 Å². The summed E-state index contributed by atoms with van der Waals surface area (Å²) in [6, 6.07) is 24.8. The number of aryl methyl sites for hydroxylation is 2. The number of nitrogens with zero attached hydrogens (tertiary/aromatic N) is 3. The Hall–Kier alpha value is -3.05. The molecule has 1 amide bonds. The van der Waals surface area contributed by atoms with E-state index in [-0.39, 0.29) is 5.91 Å². The fraction of sp³-hybridized carbons (Fsp3) is 0.200. The van der Waals surface area contributed by atoms with Crippen LogP contribution < -0.4 is 0 Å². The summed E-state index contributed by atoms with van der Waals surface area (Å²) in [5.41, 5.74) is 6.60. The Morgan fingerprint density at radius 3 is 2.27 bits per heavy atom. The van der Waals surface area contributed by atoms with Gasteiger partial charge in [-0.2, -0.15) is 0 Å². The summed E-state index contributed by atoms with van der Waals surface area (Å²) >= 11 is 1.48. The van der Waals surface area contributed by atoms with Gasteiger partial charge in [-0.05, 0) is 43.7 Å². The number of rotatable bonds is 6. The van der Waals surface area contributed by atoms with Gasteiger partial charge in [-0.15, -0.1) is 0 Å². The van der Waals surface area contributed by atoms with Crippen molar-refractivity contribution in [2.24, 2.45) is 0 Å². The van der Waals surface area contributed by atoms with E-state index in [1.807, 2.05) is 25.2 Å². The van der Waals surface area contributed by atoms with Gasteiger partial charge in [0.05, 0.1) is 16.8 Å². The van der Waals surface area contributed by atoms with Gasteiger partial charge in [0.2, 0.25) is 5.91 Å². The lowest BCUT2D eigenvalue weighted by Crippen LogP contribution is -2.27. The molecule has 0 N–H and O–H groups in total. The fourth-order valence-corrected chi connectivity index (χ4v) is 4.30. The molecule has 4 nitrogen and oxygen atoms in total. The van der Waals surface area contributed by atoms with Gasteiger partial charge in [-0.1, -0.05) is 71.4 Å². The Bertz CT molecular complexity index is 1160. The Morgan fingerprint density at radius 1 is 0.933 bits per heavy atom. The molecular weight excluding hydrogens is 390 g/mol. The molecule has 1 aromatic heterocycles. The van der Waals surface area contributed by atoms with Crippen LogP contribution in [0.25, 0.3) is 16.7 Å². The molecule has 0 saturated carbocycles. The van der Waals surface area contributed by atoms with Crippen molar-refractivity contribution < 1.29 is 4.79 Å². The van der Waals surface area contributed by atoms with E-state index < -0.39 is 0 Å². The molecule has 30 heavy (non-hydrogen) atoms. The summed E-state index contributed by atoms with van der Waals surface area (Å²) < 4.78 is 2.13. The third-order valence-electron chi connectivity index (χ3n) is 5.11. The number of thioether (sulfide) groups is 1. The van der Waals surface area contributed by atoms with Gasteiger partial charge in [0.25, 0.3) is 0 Å². The Morgan fingerprint density at radius 2 is 1.57 bits per heavy atom. The van der Waals surface area contributed by atoms with Gasteiger partial charge < -0.3 is 4.90 Å². The first-order valence-corrected chi connectivity index (χ1v) is 11.0. The molecule has 4 aromatic rings. The number of fused-ring (bicyclic) bond motifs is 1. The molecule has 0 bridgehead atoms. The van der Waals surface area contributed by atoms with Crippen molar-refractivity contribution in [1.82, 2.24) is 14.5 Å². The molecule has 1 heterocycles. The minimum absolute atomic E-state index is 0.0862. The molecule has 0 aliphatic rings. The summed E-state index contributed by atoms with van der Waals surface area (Å²) in [4.78, 5) is 19.3. The molecule has 5 heteroatoms. The number of amides is 1. The van der Waals surface area contributed by atoms with Crippen LogP contribution in [-0.2, 0) is 11.3 Å². The van der Waals surface area contributed by atoms with E-state index in [1.54, 1.807) is 4.90 Å². The molecule has 0 spiro atoms. The lowest BCUT2D eigenvalue weighted by atomic mass is 10.1. The van der Waals surface area contributed by atoms with E-state index in [9.17, 15) is 4.79 Å². The zero-order chi connectivity index (χ0) is 21.1. The zero-order valence-electron chi connectivity index (χ0n) is 17.5. The molecule has 0 unspecified atom stereocenters. The number of hydrogen-bond donors (Lipinski definition) is 0. The smallest absolute Gasteiger partial charge is 0.233 e. The van der Waals surface area contributed by atoms with Crippen LogP contribution in [0.3, 0.4) is 0 Å². The van der Waals surface area contributed by atoms with Crippen LogP contribution in [-0.4, -0.2) is 33.2 Å². The van der Waals surface area contributed by atoms with E-state index in [1.165, 1.54) is 22.9 Å². The zero-order valence-corrected chi connectivity index (χ0v) is 18.3. The lowest BCUT2D eigenvalue weighted by molar-refractivity contribution is -0.127. The predicted molar refractivity (Wildman–Crippen MR) is 124 cm³/mol. The lowest BCUT2D eigenvalue weighted by Gasteiger charge is -2.17. The monoisotopic (exact) mass is 415 g/mol. The first kappa shape index (κ1) is 20.2. The maximum Gasteiger partial charge on any atom is 0.233 e. The molecule has 0 fully saturated rings. The SMILES string of the molecule is Cc1ccc(CN(C)C(=O)CSc2nc3ccccc3n2-c2ccc(C)cc2)cc1. The number of aromatic nitrogens is 2. The highest BCUT2D eigenvalue weighted by Gasteiger charge is 2.16. The van der Waals surface area contributed by atoms with Gasteiger partial charge in [-0.25, -0.2) is 4.98 Å². The van der Waals surface area contributed by atoms with Crippen LogP contribution in [0.1, 0.15) is 16.7 Å². The van der Waals surface area contributed by atoms with Crippen molar-refractivity contribution in [1.29, 1.82) is 0 Å². The number of para-hydroxylation sites is 2. The maximum atomic E-state index is 12.8. The second-order valence-electron chi connectivity index (χ2n) is 7.58. The molecule has 0 aliphatic carbocycles. The molecule has 0 saturated heterocycles. The first-order valence-electron chi connectivity index (χ1n) is 9.98. The van der Waals surface area contributed by atoms with Gasteiger partial charge in [0.1, 0.15) is 0 Å². The molecule has 4 rings (SSSR count). The van der Waals surface area contributed by atoms with Crippen molar-refractivity contribution in [3.63, 3.8) is 0 Å². The molecule has 3 aromatic carbocycles. The summed E-state index contributed by atoms with van der Waals surface area (Å²) in [7, 11) is 1.85. The normalized spacial score (nSPS) is 11.0. The van der Waals surface area contributed by atoms with E-state index in [0.717, 1.165) is 27.4 Å². The number of carbonyl (C=O) groups excluding carboxylic acids is 1. The van der Waals surface area contributed by atoms with E-state index >= 15 is 0 Å². The fourth-order valence-electron chi connectivity index (χ4n) is 3.34. The number of hydrogen-bond acceptors (Lipinski definition) is 3. The second-order valence-corrected chi connectivity index (χ2v) is 8.52. The highest BCUT2D eigenvalue weighted by atomic mass is 32.2. The predicted octanol–water partition coefficient (Wildman–Crippen LogP) is 5.39. The second kappa shape index (κ2) is 8.76. The van der Waals surface area contributed by atoms with Crippen molar-refractivity contribution in [3.8, 4) is 5.69 Å². The minimum atomic E-state index is 0.0862. The quantitative estimate of drug-likeness (QED) is 0.396. The van der Waals surface area contributed by atoms with Crippen LogP contribution >= 0.6 is 11.8 Å². The van der Waals surface area contributed by atoms with Crippen molar-refractivity contribution in [2.45, 2.75) is 25.5 Å². The van der Waals surface area contributed by atoms with Crippen LogP contribution in [0.15, 0.2) is 78.0 Å². The summed E-state index contributed by atoms with van der Waals surface area (Å²) in [6.45, 7) is 4.75. The van der Waals surface area contributed by atoms with Crippen molar-refractivity contribution in [2.75, 3.05) is 12.8 Å². The molecule has 0 radical (unpaired) electrons. The average molecular weight is 416 g/mol. The average Bonchev–Trinajstić information content (AvgIpc) is 3.12. The highest BCUT2D eigenvalue weighted by Crippen LogP contribution is 2.28. The van der Waals surface area contributed by atoms with Gasteiger partial charge in [0.15, 0.2) is 5.16 Å². The first-order chi connectivity index (χ1) is 14.5. The third kappa shape index (κ3) is 4.41. The molecule has 0 aliphatic heterocycles. The Kier molecular flexibility index (Phi) is 5.91. The van der Waals surface area contributed by atoms with Crippen molar-refractivity contribution >= 4 is 28.7 Å². The minimum Gasteiger partial charge on any atom is -0.341 e. The molecule has 0 atom stereocenters. The number of imidazole rings is 1. The largest absolute Gasteiger partial charge is 0.341 e. The van der Waals surface area contributed by atoms with Crippen LogP contribution in [0, 0.1) is 13.8 Å². The number of benzene rings is 3. The van der Waals surface area contributed by atoms with Gasteiger partial charge >= 0.3 is 0 Å². The Labute approximate surface area is 181 Å². The highest BCUT2D eigenvalue weighted by molar-refractivity contribution is 7.99. The summed E-state index contributed by atoms with van der Waals surface area (Å²) in [6.07, 6.45) is 0. The summed E-state index contributed by atoms with van der Waals surface area (Å²) in [5, 5.41) is 0.831. The van der Waals surface area contributed by atoms with Crippen LogP contribution in [0.4, 0.5) is 0 Å². The van der Waals surface area contributed by atoms with Crippen LogP contribution in [0.5, 0.6) is 0 Å². The maximum absolute atomic E-state index is 12.8. The number of carbonyl (C=O) groups is 1. The van der Waals surface area contributed by atoms with Gasteiger partial charge in [-0.3, -0.25) is 9.36 Å². The van der Waals surface area contributed by atoms with E-state index in [4.69, 9.17) is 4.98 Å².